The lowest BCUT2D eigenvalue weighted by Gasteiger charge is -2.51. The summed E-state index contributed by atoms with van der Waals surface area (Å²) < 4.78 is 27.4. The molecule has 4 rings (SSSR count). The first-order chi connectivity index (χ1) is 17.4. The van der Waals surface area contributed by atoms with Crippen molar-refractivity contribution in [2.24, 2.45) is 5.41 Å². The quantitative estimate of drug-likeness (QED) is 0.401. The van der Waals surface area contributed by atoms with Crippen molar-refractivity contribution in [2.75, 3.05) is 6.54 Å². The van der Waals surface area contributed by atoms with Gasteiger partial charge in [0.2, 0.25) is 15.9 Å². The van der Waals surface area contributed by atoms with E-state index in [1.807, 2.05) is 37.3 Å². The topological polar surface area (TPSA) is 104 Å². The molecular weight excluding hydrogens is 535 g/mol. The SMILES string of the molecule is CC(CCNS(=O)(=O)C1CC1)N1C(=O)C(C)(CC(=O)O)CC(c2cccc(Cl)c2)C1c1ccc(Cl)cc1. The number of benzene rings is 2. The Balaban J connectivity index is 1.74. The summed E-state index contributed by atoms with van der Waals surface area (Å²) in [5, 5.41) is 10.5. The fourth-order valence-corrected chi connectivity index (χ4v) is 7.13. The van der Waals surface area contributed by atoms with Crippen molar-refractivity contribution in [3.05, 3.63) is 69.7 Å². The highest BCUT2D eigenvalue weighted by Crippen LogP contribution is 2.52. The number of carboxylic acid groups (broad SMARTS) is 1. The van der Waals surface area contributed by atoms with Crippen molar-refractivity contribution in [1.29, 1.82) is 0 Å². The van der Waals surface area contributed by atoms with Crippen molar-refractivity contribution in [3.8, 4) is 0 Å². The van der Waals surface area contributed by atoms with Gasteiger partial charge in [-0.1, -0.05) is 54.4 Å². The van der Waals surface area contributed by atoms with Crippen molar-refractivity contribution in [3.63, 3.8) is 0 Å². The zero-order valence-electron chi connectivity index (χ0n) is 20.9. The molecule has 0 bridgehead atoms. The molecule has 2 aliphatic rings. The van der Waals surface area contributed by atoms with E-state index in [1.165, 1.54) is 0 Å². The van der Waals surface area contributed by atoms with Crippen LogP contribution in [0.1, 0.15) is 69.0 Å². The van der Waals surface area contributed by atoms with Gasteiger partial charge in [-0.3, -0.25) is 9.59 Å². The molecule has 1 heterocycles. The van der Waals surface area contributed by atoms with Gasteiger partial charge in [0.25, 0.3) is 0 Å². The molecule has 200 valence electrons. The number of nitrogens with one attached hydrogen (secondary N) is 1. The number of sulfonamides is 1. The molecule has 0 aromatic heterocycles. The van der Waals surface area contributed by atoms with E-state index in [0.717, 1.165) is 11.1 Å². The number of amides is 1. The Kier molecular flexibility index (Phi) is 8.24. The van der Waals surface area contributed by atoms with Crippen LogP contribution < -0.4 is 4.72 Å². The lowest BCUT2D eigenvalue weighted by atomic mass is 9.67. The monoisotopic (exact) mass is 566 g/mol. The number of carbonyl (C=O) groups excluding carboxylic acids is 1. The molecule has 37 heavy (non-hydrogen) atoms. The number of nitrogens with zero attached hydrogens (tertiary/aromatic N) is 1. The molecule has 10 heteroatoms. The first-order valence-electron chi connectivity index (χ1n) is 12.5. The smallest absolute Gasteiger partial charge is 0.304 e. The normalized spacial score (nSPS) is 25.2. The summed E-state index contributed by atoms with van der Waals surface area (Å²) >= 11 is 12.5. The number of carboxylic acids is 1. The second kappa shape index (κ2) is 10.9. The first-order valence-corrected chi connectivity index (χ1v) is 14.8. The van der Waals surface area contributed by atoms with E-state index in [1.54, 1.807) is 30.0 Å². The van der Waals surface area contributed by atoms with Gasteiger partial charge in [0.05, 0.1) is 23.1 Å². The number of piperidine rings is 1. The molecule has 0 radical (unpaired) electrons. The molecule has 2 aromatic carbocycles. The predicted molar refractivity (Wildman–Crippen MR) is 144 cm³/mol. The van der Waals surface area contributed by atoms with E-state index < -0.39 is 27.4 Å². The maximum absolute atomic E-state index is 14.1. The number of hydrogen-bond donors (Lipinski definition) is 2. The van der Waals surface area contributed by atoms with E-state index in [0.29, 0.717) is 35.7 Å². The molecule has 7 nitrogen and oxygen atoms in total. The van der Waals surface area contributed by atoms with Gasteiger partial charge < -0.3 is 10.0 Å². The lowest BCUT2D eigenvalue weighted by molar-refractivity contribution is -0.160. The summed E-state index contributed by atoms with van der Waals surface area (Å²) in [5.74, 6) is -1.55. The van der Waals surface area contributed by atoms with Crippen LogP contribution in [0.4, 0.5) is 0 Å². The average Bonchev–Trinajstić information content (AvgIpc) is 3.67. The molecule has 4 atom stereocenters. The van der Waals surface area contributed by atoms with Gasteiger partial charge >= 0.3 is 5.97 Å². The van der Waals surface area contributed by atoms with E-state index in [9.17, 15) is 23.1 Å². The van der Waals surface area contributed by atoms with Crippen LogP contribution in [0.5, 0.6) is 0 Å². The predicted octanol–water partition coefficient (Wildman–Crippen LogP) is 5.39. The van der Waals surface area contributed by atoms with Crippen molar-refractivity contribution in [2.45, 2.75) is 69.2 Å². The number of hydrogen-bond acceptors (Lipinski definition) is 4. The second-order valence-electron chi connectivity index (χ2n) is 10.5. The Morgan fingerprint density at radius 2 is 1.81 bits per heavy atom. The van der Waals surface area contributed by atoms with Crippen LogP contribution in [0.2, 0.25) is 10.0 Å². The maximum atomic E-state index is 14.1. The van der Waals surface area contributed by atoms with Crippen LogP contribution in [-0.2, 0) is 19.6 Å². The Morgan fingerprint density at radius 3 is 2.41 bits per heavy atom. The molecular formula is C27H32Cl2N2O5S. The lowest BCUT2D eigenvalue weighted by Crippen LogP contribution is -2.56. The van der Waals surface area contributed by atoms with Crippen LogP contribution in [0.3, 0.4) is 0 Å². The summed E-state index contributed by atoms with van der Waals surface area (Å²) in [7, 11) is -3.36. The van der Waals surface area contributed by atoms with Gasteiger partial charge in [-0.2, -0.15) is 0 Å². The molecule has 1 saturated carbocycles. The number of rotatable bonds is 10. The molecule has 0 spiro atoms. The van der Waals surface area contributed by atoms with Crippen molar-refractivity contribution in [1.82, 2.24) is 9.62 Å². The minimum absolute atomic E-state index is 0.189. The largest absolute Gasteiger partial charge is 0.481 e. The Morgan fingerprint density at radius 1 is 1.14 bits per heavy atom. The molecule has 1 amide bonds. The summed E-state index contributed by atoms with van der Waals surface area (Å²) in [6, 6.07) is 14.0. The number of aliphatic carboxylic acids is 1. The average molecular weight is 568 g/mol. The number of halogens is 2. The highest BCUT2D eigenvalue weighted by atomic mass is 35.5. The van der Waals surface area contributed by atoms with Gasteiger partial charge in [0.1, 0.15) is 0 Å². The summed E-state index contributed by atoms with van der Waals surface area (Å²) in [5.41, 5.74) is 0.623. The summed E-state index contributed by atoms with van der Waals surface area (Å²) in [6.07, 6.45) is 1.73. The highest BCUT2D eigenvalue weighted by molar-refractivity contribution is 7.90. The van der Waals surface area contributed by atoms with Crippen molar-refractivity contribution < 1.29 is 23.1 Å². The van der Waals surface area contributed by atoms with Gasteiger partial charge in [-0.05, 0) is 68.0 Å². The van der Waals surface area contributed by atoms with Crippen LogP contribution in [0.15, 0.2) is 48.5 Å². The maximum Gasteiger partial charge on any atom is 0.304 e. The molecule has 2 N–H and O–H groups in total. The minimum atomic E-state index is -3.36. The van der Waals surface area contributed by atoms with E-state index >= 15 is 0 Å². The Labute approximate surface area is 228 Å². The van der Waals surface area contributed by atoms with Crippen LogP contribution in [0, 0.1) is 5.41 Å². The minimum Gasteiger partial charge on any atom is -0.481 e. The third-order valence-corrected chi connectivity index (χ3v) is 9.88. The first kappa shape index (κ1) is 27.9. The second-order valence-corrected chi connectivity index (χ2v) is 13.4. The molecule has 2 aromatic rings. The summed E-state index contributed by atoms with van der Waals surface area (Å²) in [6.45, 7) is 3.77. The van der Waals surface area contributed by atoms with Gasteiger partial charge in [-0.25, -0.2) is 13.1 Å². The van der Waals surface area contributed by atoms with Gasteiger partial charge in [-0.15, -0.1) is 0 Å². The fraction of sp³-hybridized carbons (Fsp3) is 0.481. The zero-order chi connectivity index (χ0) is 27.0. The van der Waals surface area contributed by atoms with E-state index in [-0.39, 0.29) is 36.1 Å². The van der Waals surface area contributed by atoms with Crippen LogP contribution in [-0.4, -0.2) is 48.1 Å². The Bertz CT molecular complexity index is 1270. The molecule has 4 unspecified atom stereocenters. The number of likely N-dealkylation sites (tertiary alicyclic amines) is 1. The highest BCUT2D eigenvalue weighted by Gasteiger charge is 2.51. The molecule has 1 aliphatic carbocycles. The molecule has 1 aliphatic heterocycles. The standard InChI is InChI=1S/C27H32Cl2N2O5S/c1-17(12-13-30-37(35,36)22-10-11-22)31-25(18-6-8-20(28)9-7-18)23(19-4-3-5-21(29)14-19)15-27(2,26(31)34)16-24(32)33/h3-9,14,17,22-23,25,30H,10-13,15-16H2,1-2H3,(H,32,33). The Hall–Kier alpha value is -2.13. The molecule has 1 saturated heterocycles. The third kappa shape index (κ3) is 6.30. The summed E-state index contributed by atoms with van der Waals surface area (Å²) in [4.78, 5) is 27.7. The third-order valence-electron chi connectivity index (χ3n) is 7.44. The fourth-order valence-electron chi connectivity index (χ4n) is 5.41. The zero-order valence-corrected chi connectivity index (χ0v) is 23.2. The van der Waals surface area contributed by atoms with E-state index in [4.69, 9.17) is 23.2 Å². The van der Waals surface area contributed by atoms with Crippen LogP contribution >= 0.6 is 23.2 Å². The van der Waals surface area contributed by atoms with Gasteiger partial charge in [0.15, 0.2) is 0 Å². The van der Waals surface area contributed by atoms with Crippen LogP contribution in [0.25, 0.3) is 0 Å². The van der Waals surface area contributed by atoms with E-state index in [2.05, 4.69) is 4.72 Å². The van der Waals surface area contributed by atoms with Crippen molar-refractivity contribution >= 4 is 45.1 Å². The molecule has 2 fully saturated rings. The number of carbonyl (C=O) groups is 2. The van der Waals surface area contributed by atoms with Gasteiger partial charge in [0, 0.05) is 28.5 Å².